The summed E-state index contributed by atoms with van der Waals surface area (Å²) in [4.78, 5) is 16.7. The van der Waals surface area contributed by atoms with E-state index in [1.807, 2.05) is 6.20 Å². The average molecular weight is 386 g/mol. The Morgan fingerprint density at radius 3 is 2.92 bits per heavy atom. The molecule has 5 rings (SSSR count). The number of hydrogen-bond donors (Lipinski definition) is 0. The molecule has 2 fully saturated rings. The number of rotatable bonds is 4. The number of aromatic nitrogens is 3. The van der Waals surface area contributed by atoms with E-state index in [-0.39, 0.29) is 0 Å². The lowest BCUT2D eigenvalue weighted by Crippen LogP contribution is -2.58. The lowest BCUT2D eigenvalue weighted by atomic mass is 9.78. The highest BCUT2D eigenvalue weighted by atomic mass is 32.1. The van der Waals surface area contributed by atoms with Crippen LogP contribution in [-0.4, -0.2) is 45.4 Å². The van der Waals surface area contributed by atoms with Crippen molar-refractivity contribution in [3.63, 3.8) is 0 Å². The summed E-state index contributed by atoms with van der Waals surface area (Å²) in [5, 5.41) is 3.41. The third-order valence-electron chi connectivity index (χ3n) is 6.00. The van der Waals surface area contributed by atoms with Crippen LogP contribution in [0.25, 0.3) is 10.2 Å². The first-order chi connectivity index (χ1) is 12.7. The van der Waals surface area contributed by atoms with Gasteiger partial charge in [0.1, 0.15) is 17.0 Å². The summed E-state index contributed by atoms with van der Waals surface area (Å²) in [6.07, 6.45) is 6.07. The molecule has 3 aromatic heterocycles. The Labute approximate surface area is 161 Å². The van der Waals surface area contributed by atoms with Gasteiger partial charge in [0.05, 0.1) is 5.39 Å². The Balaban J connectivity index is 1.32. The summed E-state index contributed by atoms with van der Waals surface area (Å²) in [6, 6.07) is 2.77. The normalized spacial score (nSPS) is 20.8. The molecule has 1 atom stereocenters. The summed E-state index contributed by atoms with van der Waals surface area (Å²) in [7, 11) is 0. The second kappa shape index (κ2) is 6.25. The van der Waals surface area contributed by atoms with Crippen molar-refractivity contribution in [2.24, 2.45) is 5.41 Å². The van der Waals surface area contributed by atoms with Crippen molar-refractivity contribution in [3.05, 3.63) is 34.4 Å². The van der Waals surface area contributed by atoms with Gasteiger partial charge in [-0.1, -0.05) is 6.92 Å². The molecule has 0 amide bonds. The molecule has 2 saturated heterocycles. The van der Waals surface area contributed by atoms with E-state index in [0.29, 0.717) is 11.5 Å². The Morgan fingerprint density at radius 1 is 1.27 bits per heavy atom. The average Bonchev–Trinajstić information content (AvgIpc) is 3.37. The van der Waals surface area contributed by atoms with Crippen LogP contribution in [0.15, 0.2) is 24.0 Å². The molecule has 0 N–H and O–H groups in total. The minimum atomic E-state index is 0.429. The minimum absolute atomic E-state index is 0.429. The van der Waals surface area contributed by atoms with E-state index in [1.165, 1.54) is 35.3 Å². The van der Waals surface area contributed by atoms with Crippen molar-refractivity contribution in [2.75, 3.05) is 31.1 Å². The minimum Gasteiger partial charge on any atom is -0.355 e. The van der Waals surface area contributed by atoms with Crippen LogP contribution in [0.1, 0.15) is 36.8 Å². The lowest BCUT2D eigenvalue weighted by Gasteiger charge is -2.50. The predicted octanol–water partition coefficient (Wildman–Crippen LogP) is 3.98. The zero-order valence-corrected chi connectivity index (χ0v) is 16.8. The molecule has 5 heterocycles. The Bertz CT molecular complexity index is 913. The first-order valence-electron chi connectivity index (χ1n) is 9.29. The summed E-state index contributed by atoms with van der Waals surface area (Å²) in [6.45, 7) is 9.08. The first kappa shape index (κ1) is 16.6. The van der Waals surface area contributed by atoms with Crippen LogP contribution in [0.2, 0.25) is 0 Å². The summed E-state index contributed by atoms with van der Waals surface area (Å²) >= 11 is 3.35. The van der Waals surface area contributed by atoms with E-state index >= 15 is 0 Å². The van der Waals surface area contributed by atoms with Gasteiger partial charge in [-0.3, -0.25) is 4.90 Å². The second-order valence-electron chi connectivity index (χ2n) is 7.69. The van der Waals surface area contributed by atoms with Crippen molar-refractivity contribution in [3.8, 4) is 0 Å². The first-order valence-corrected chi connectivity index (χ1v) is 10.9. The molecular weight excluding hydrogens is 362 g/mol. The van der Waals surface area contributed by atoms with Gasteiger partial charge in [-0.05, 0) is 42.9 Å². The van der Waals surface area contributed by atoms with Gasteiger partial charge in [-0.15, -0.1) is 11.3 Å². The zero-order valence-electron chi connectivity index (χ0n) is 15.2. The van der Waals surface area contributed by atoms with Crippen molar-refractivity contribution in [1.29, 1.82) is 0 Å². The number of nitrogens with zero attached hydrogens (tertiary/aromatic N) is 5. The highest BCUT2D eigenvalue weighted by Gasteiger charge is 2.49. The molecule has 0 saturated carbocycles. The fraction of sp³-hybridized carbons (Fsp3) is 0.526. The molecule has 1 unspecified atom stereocenters. The smallest absolute Gasteiger partial charge is 0.140 e. The molecule has 5 nitrogen and oxygen atoms in total. The highest BCUT2D eigenvalue weighted by molar-refractivity contribution is 7.18. The predicted molar refractivity (Wildman–Crippen MR) is 108 cm³/mol. The molecule has 0 aliphatic carbocycles. The van der Waals surface area contributed by atoms with E-state index < -0.39 is 0 Å². The fourth-order valence-corrected chi connectivity index (χ4v) is 5.96. The Hall–Kier alpha value is -1.57. The van der Waals surface area contributed by atoms with Crippen molar-refractivity contribution < 1.29 is 0 Å². The highest BCUT2D eigenvalue weighted by Crippen LogP contribution is 2.45. The van der Waals surface area contributed by atoms with Crippen LogP contribution in [0.3, 0.4) is 0 Å². The maximum atomic E-state index is 4.66. The van der Waals surface area contributed by atoms with E-state index in [1.54, 1.807) is 29.2 Å². The maximum absolute atomic E-state index is 4.66. The summed E-state index contributed by atoms with van der Waals surface area (Å²) in [5.74, 6) is 1.14. The molecule has 3 aromatic rings. The van der Waals surface area contributed by atoms with Crippen LogP contribution < -0.4 is 4.90 Å². The molecule has 2 aliphatic heterocycles. The van der Waals surface area contributed by atoms with Crippen molar-refractivity contribution in [2.45, 2.75) is 32.7 Å². The number of likely N-dealkylation sites (tertiary alicyclic amines) is 1. The quantitative estimate of drug-likeness (QED) is 0.680. The van der Waals surface area contributed by atoms with Crippen LogP contribution in [0, 0.1) is 5.41 Å². The zero-order chi connectivity index (χ0) is 17.7. The molecule has 7 heteroatoms. The van der Waals surface area contributed by atoms with Gasteiger partial charge in [0.25, 0.3) is 0 Å². The number of fused-ring (bicyclic) bond motifs is 1. The standard InChI is InChI=1S/C19H23N5S2/c1-3-15-6-16-17(20-12-21-18(16)26-15)23-5-4-19(9-23)10-24(11-19)13(2)14-7-22-25-8-14/h6-8,12-13H,3-5,9-11H2,1-2H3. The summed E-state index contributed by atoms with van der Waals surface area (Å²) in [5.41, 5.74) is 1.78. The van der Waals surface area contributed by atoms with Gasteiger partial charge in [0, 0.05) is 54.1 Å². The van der Waals surface area contributed by atoms with Crippen LogP contribution in [0.5, 0.6) is 0 Å². The molecule has 0 radical (unpaired) electrons. The monoisotopic (exact) mass is 385 g/mol. The molecular formula is C19H23N5S2. The van der Waals surface area contributed by atoms with E-state index in [2.05, 4.69) is 49.4 Å². The number of anilines is 1. The lowest BCUT2D eigenvalue weighted by molar-refractivity contribution is -0.0119. The molecule has 136 valence electrons. The van der Waals surface area contributed by atoms with E-state index in [4.69, 9.17) is 0 Å². The molecule has 2 aliphatic rings. The van der Waals surface area contributed by atoms with Gasteiger partial charge < -0.3 is 4.90 Å². The largest absolute Gasteiger partial charge is 0.355 e. The third kappa shape index (κ3) is 2.64. The van der Waals surface area contributed by atoms with Crippen LogP contribution >= 0.6 is 22.9 Å². The Kier molecular flexibility index (Phi) is 3.99. The second-order valence-corrected chi connectivity index (χ2v) is 9.47. The van der Waals surface area contributed by atoms with Gasteiger partial charge in [-0.2, -0.15) is 0 Å². The SMILES string of the molecule is CCc1cc2c(N3CCC4(C3)CN(C(C)c3cnsc3)C4)ncnc2s1. The molecule has 1 spiro atoms. The number of aryl methyl sites for hydroxylation is 1. The van der Waals surface area contributed by atoms with Gasteiger partial charge in [0.2, 0.25) is 0 Å². The third-order valence-corrected chi connectivity index (χ3v) is 7.80. The topological polar surface area (TPSA) is 45.2 Å². The van der Waals surface area contributed by atoms with Crippen LogP contribution in [0.4, 0.5) is 5.82 Å². The maximum Gasteiger partial charge on any atom is 0.140 e. The van der Waals surface area contributed by atoms with Gasteiger partial charge in [-0.25, -0.2) is 14.3 Å². The number of hydrogen-bond acceptors (Lipinski definition) is 7. The summed E-state index contributed by atoms with van der Waals surface area (Å²) < 4.78 is 4.26. The molecule has 0 bridgehead atoms. The van der Waals surface area contributed by atoms with E-state index in [9.17, 15) is 0 Å². The molecule has 26 heavy (non-hydrogen) atoms. The van der Waals surface area contributed by atoms with Crippen molar-refractivity contribution in [1.82, 2.24) is 19.2 Å². The van der Waals surface area contributed by atoms with Crippen molar-refractivity contribution >= 4 is 38.9 Å². The van der Waals surface area contributed by atoms with Gasteiger partial charge >= 0.3 is 0 Å². The number of thiophene rings is 1. The Morgan fingerprint density at radius 2 is 2.15 bits per heavy atom. The fourth-order valence-electron chi connectivity index (χ4n) is 4.41. The van der Waals surface area contributed by atoms with Gasteiger partial charge in [0.15, 0.2) is 0 Å². The van der Waals surface area contributed by atoms with E-state index in [0.717, 1.165) is 30.2 Å². The van der Waals surface area contributed by atoms with Crippen LogP contribution in [-0.2, 0) is 6.42 Å². The molecule has 0 aromatic carbocycles.